The Kier molecular flexibility index (Phi) is 7.02. The first-order chi connectivity index (χ1) is 9.44. The zero-order chi connectivity index (χ0) is 15.0. The van der Waals surface area contributed by atoms with Crippen LogP contribution in [0, 0.1) is 0 Å². The summed E-state index contributed by atoms with van der Waals surface area (Å²) in [5.74, 6) is 0. The average Bonchev–Trinajstić information content (AvgIpc) is 2.37. The molecular weight excluding hydrogens is 265 g/mol. The molecule has 0 aliphatic heterocycles. The highest BCUT2D eigenvalue weighted by atomic mass is 19.4. The minimum atomic E-state index is -4.14. The number of hydrogen-bond donors (Lipinski definition) is 1. The van der Waals surface area contributed by atoms with Crippen molar-refractivity contribution >= 4 is 0 Å². The van der Waals surface area contributed by atoms with Gasteiger partial charge in [0.2, 0.25) is 0 Å². The molecule has 0 saturated heterocycles. The molecule has 2 nitrogen and oxygen atoms in total. The van der Waals surface area contributed by atoms with Crippen LogP contribution in [-0.2, 0) is 13.1 Å². The minimum absolute atomic E-state index is 0.331. The molecule has 1 rings (SSSR count). The van der Waals surface area contributed by atoms with Gasteiger partial charge in [-0.3, -0.25) is 4.90 Å². The van der Waals surface area contributed by atoms with E-state index in [1.165, 1.54) is 4.90 Å². The molecular formula is C15H23F3N2. The standard InChI is InChI=1S/C15H23F3N2/c1-3-8-19-10-13-6-5-7-14(9-13)11-20(4-2)12-15(16,17)18/h5-7,9,19H,3-4,8,10-12H2,1-2H3. The summed E-state index contributed by atoms with van der Waals surface area (Å²) in [6.45, 7) is 5.40. The van der Waals surface area contributed by atoms with E-state index in [0.29, 0.717) is 13.1 Å². The van der Waals surface area contributed by atoms with Gasteiger partial charge in [-0.05, 0) is 30.6 Å². The van der Waals surface area contributed by atoms with E-state index in [0.717, 1.165) is 30.6 Å². The Labute approximate surface area is 119 Å². The Morgan fingerprint density at radius 1 is 1.15 bits per heavy atom. The molecule has 0 amide bonds. The number of halogens is 3. The Bertz CT molecular complexity index is 391. The molecule has 1 aromatic carbocycles. The van der Waals surface area contributed by atoms with E-state index in [-0.39, 0.29) is 0 Å². The summed E-state index contributed by atoms with van der Waals surface area (Å²) in [5, 5.41) is 3.29. The van der Waals surface area contributed by atoms with Crippen LogP contribution in [0.15, 0.2) is 24.3 Å². The molecule has 0 aromatic heterocycles. The number of nitrogens with zero attached hydrogens (tertiary/aromatic N) is 1. The van der Waals surface area contributed by atoms with E-state index >= 15 is 0 Å². The third-order valence-electron chi connectivity index (χ3n) is 3.00. The maximum atomic E-state index is 12.4. The highest BCUT2D eigenvalue weighted by Crippen LogP contribution is 2.18. The van der Waals surface area contributed by atoms with E-state index in [1.54, 1.807) is 6.92 Å². The van der Waals surface area contributed by atoms with Crippen molar-refractivity contribution in [1.82, 2.24) is 10.2 Å². The smallest absolute Gasteiger partial charge is 0.313 e. The lowest BCUT2D eigenvalue weighted by atomic mass is 10.1. The topological polar surface area (TPSA) is 15.3 Å². The maximum Gasteiger partial charge on any atom is 0.401 e. The Balaban J connectivity index is 2.59. The largest absolute Gasteiger partial charge is 0.401 e. The van der Waals surface area contributed by atoms with Crippen LogP contribution in [0.5, 0.6) is 0 Å². The lowest BCUT2D eigenvalue weighted by Gasteiger charge is -2.22. The van der Waals surface area contributed by atoms with Crippen LogP contribution in [0.25, 0.3) is 0 Å². The fourth-order valence-electron chi connectivity index (χ4n) is 2.04. The van der Waals surface area contributed by atoms with Crippen LogP contribution in [0.3, 0.4) is 0 Å². The second-order valence-electron chi connectivity index (χ2n) is 4.92. The predicted molar refractivity (Wildman–Crippen MR) is 75.4 cm³/mol. The first kappa shape index (κ1) is 17.0. The first-order valence-corrected chi connectivity index (χ1v) is 7.02. The molecule has 0 aliphatic rings. The summed E-state index contributed by atoms with van der Waals surface area (Å²) in [6, 6.07) is 7.75. The van der Waals surface area contributed by atoms with E-state index in [4.69, 9.17) is 0 Å². The summed E-state index contributed by atoms with van der Waals surface area (Å²) < 4.78 is 37.3. The van der Waals surface area contributed by atoms with Gasteiger partial charge in [-0.2, -0.15) is 13.2 Å². The number of nitrogens with one attached hydrogen (secondary N) is 1. The van der Waals surface area contributed by atoms with Gasteiger partial charge in [0.25, 0.3) is 0 Å². The van der Waals surface area contributed by atoms with Crippen LogP contribution in [0.4, 0.5) is 13.2 Å². The van der Waals surface area contributed by atoms with Crippen LogP contribution < -0.4 is 5.32 Å². The monoisotopic (exact) mass is 288 g/mol. The van der Waals surface area contributed by atoms with Crippen LogP contribution >= 0.6 is 0 Å². The quantitative estimate of drug-likeness (QED) is 0.736. The fourth-order valence-corrected chi connectivity index (χ4v) is 2.04. The van der Waals surface area contributed by atoms with E-state index in [1.807, 2.05) is 24.3 Å². The Hall–Kier alpha value is -1.07. The van der Waals surface area contributed by atoms with Crippen LogP contribution in [0.2, 0.25) is 0 Å². The zero-order valence-corrected chi connectivity index (χ0v) is 12.1. The number of hydrogen-bond acceptors (Lipinski definition) is 2. The summed E-state index contributed by atoms with van der Waals surface area (Å²) in [7, 11) is 0. The SMILES string of the molecule is CCCNCc1cccc(CN(CC)CC(F)(F)F)c1. The van der Waals surface area contributed by atoms with Gasteiger partial charge in [0.05, 0.1) is 6.54 Å². The third kappa shape index (κ3) is 6.91. The molecule has 114 valence electrons. The fraction of sp³-hybridized carbons (Fsp3) is 0.600. The number of alkyl halides is 3. The average molecular weight is 288 g/mol. The Morgan fingerprint density at radius 3 is 2.45 bits per heavy atom. The first-order valence-electron chi connectivity index (χ1n) is 7.02. The van der Waals surface area contributed by atoms with Crippen molar-refractivity contribution in [3.8, 4) is 0 Å². The molecule has 0 atom stereocenters. The van der Waals surface area contributed by atoms with Crippen molar-refractivity contribution in [2.24, 2.45) is 0 Å². The van der Waals surface area contributed by atoms with Crippen molar-refractivity contribution in [3.05, 3.63) is 35.4 Å². The number of benzene rings is 1. The van der Waals surface area contributed by atoms with Gasteiger partial charge in [0.15, 0.2) is 0 Å². The third-order valence-corrected chi connectivity index (χ3v) is 3.00. The highest BCUT2D eigenvalue weighted by Gasteiger charge is 2.29. The van der Waals surface area contributed by atoms with Crippen molar-refractivity contribution in [1.29, 1.82) is 0 Å². The molecule has 0 spiro atoms. The van der Waals surface area contributed by atoms with Crippen LogP contribution in [-0.4, -0.2) is 30.7 Å². The molecule has 0 aliphatic carbocycles. The molecule has 0 unspecified atom stereocenters. The lowest BCUT2D eigenvalue weighted by Crippen LogP contribution is -2.33. The van der Waals surface area contributed by atoms with Gasteiger partial charge in [-0.25, -0.2) is 0 Å². The van der Waals surface area contributed by atoms with Gasteiger partial charge in [-0.1, -0.05) is 38.1 Å². The maximum absolute atomic E-state index is 12.4. The highest BCUT2D eigenvalue weighted by molar-refractivity contribution is 5.23. The molecule has 5 heteroatoms. The van der Waals surface area contributed by atoms with Crippen molar-refractivity contribution in [3.63, 3.8) is 0 Å². The van der Waals surface area contributed by atoms with Gasteiger partial charge < -0.3 is 5.32 Å². The van der Waals surface area contributed by atoms with E-state index < -0.39 is 12.7 Å². The van der Waals surface area contributed by atoms with Gasteiger partial charge in [-0.15, -0.1) is 0 Å². The molecule has 0 heterocycles. The van der Waals surface area contributed by atoms with Gasteiger partial charge in [0, 0.05) is 13.1 Å². The molecule has 1 N–H and O–H groups in total. The van der Waals surface area contributed by atoms with Crippen molar-refractivity contribution < 1.29 is 13.2 Å². The van der Waals surface area contributed by atoms with E-state index in [2.05, 4.69) is 12.2 Å². The molecule has 0 fully saturated rings. The number of rotatable bonds is 8. The summed E-state index contributed by atoms with van der Waals surface area (Å²) in [4.78, 5) is 1.40. The van der Waals surface area contributed by atoms with Crippen molar-refractivity contribution in [2.45, 2.75) is 39.5 Å². The summed E-state index contributed by atoms with van der Waals surface area (Å²) >= 11 is 0. The predicted octanol–water partition coefficient (Wildman–Crippen LogP) is 3.57. The molecule has 1 aromatic rings. The summed E-state index contributed by atoms with van der Waals surface area (Å²) in [6.07, 6.45) is -3.08. The van der Waals surface area contributed by atoms with E-state index in [9.17, 15) is 13.2 Å². The summed E-state index contributed by atoms with van der Waals surface area (Å²) in [5.41, 5.74) is 2.03. The lowest BCUT2D eigenvalue weighted by molar-refractivity contribution is -0.146. The molecule has 20 heavy (non-hydrogen) atoms. The van der Waals surface area contributed by atoms with Crippen LogP contribution in [0.1, 0.15) is 31.4 Å². The normalized spacial score (nSPS) is 12.1. The second-order valence-corrected chi connectivity index (χ2v) is 4.92. The molecule has 0 saturated carbocycles. The van der Waals surface area contributed by atoms with Crippen molar-refractivity contribution in [2.75, 3.05) is 19.6 Å². The van der Waals surface area contributed by atoms with Gasteiger partial charge in [0.1, 0.15) is 0 Å². The second kappa shape index (κ2) is 8.27. The zero-order valence-electron chi connectivity index (χ0n) is 12.1. The minimum Gasteiger partial charge on any atom is -0.313 e. The molecule has 0 radical (unpaired) electrons. The molecule has 0 bridgehead atoms. The van der Waals surface area contributed by atoms with Gasteiger partial charge >= 0.3 is 6.18 Å². The Morgan fingerprint density at radius 2 is 1.85 bits per heavy atom.